The van der Waals surface area contributed by atoms with E-state index in [9.17, 15) is 0 Å². The first kappa shape index (κ1) is 14.9. The number of hydrogen-bond donors (Lipinski definition) is 2. The van der Waals surface area contributed by atoms with E-state index in [1.807, 2.05) is 0 Å². The Hall–Kier alpha value is -1.17. The van der Waals surface area contributed by atoms with Crippen LogP contribution >= 0.6 is 11.6 Å². The first-order valence-corrected chi connectivity index (χ1v) is 5.93. The van der Waals surface area contributed by atoms with Crippen molar-refractivity contribution in [2.24, 2.45) is 0 Å². The largest absolute Gasteiger partial charge is 0.495 e. The van der Waals surface area contributed by atoms with E-state index in [0.717, 1.165) is 0 Å². The first-order chi connectivity index (χ1) is 8.67. The molecule has 0 aromatic heterocycles. The summed E-state index contributed by atoms with van der Waals surface area (Å²) in [4.78, 5) is 1.80. The van der Waals surface area contributed by atoms with Crippen LogP contribution in [-0.2, 0) is 0 Å². The van der Waals surface area contributed by atoms with Gasteiger partial charge in [0.1, 0.15) is 11.5 Å². The minimum absolute atomic E-state index is 0.0210. The Morgan fingerprint density at radius 3 is 2.06 bits per heavy atom. The van der Waals surface area contributed by atoms with Gasteiger partial charge in [-0.05, 0) is 6.07 Å². The van der Waals surface area contributed by atoms with Gasteiger partial charge in [-0.2, -0.15) is 0 Å². The molecule has 0 fully saturated rings. The number of anilines is 1. The van der Waals surface area contributed by atoms with Crippen molar-refractivity contribution < 1.29 is 19.7 Å². The average molecular weight is 276 g/mol. The minimum atomic E-state index is -0.0210. The predicted octanol–water partition coefficient (Wildman–Crippen LogP) is 1.15. The molecule has 18 heavy (non-hydrogen) atoms. The van der Waals surface area contributed by atoms with Crippen LogP contribution in [0, 0.1) is 0 Å². The molecule has 0 bridgehead atoms. The van der Waals surface area contributed by atoms with Crippen LogP contribution < -0.4 is 14.4 Å². The number of methoxy groups -OCH3 is 2. The van der Waals surface area contributed by atoms with E-state index in [2.05, 4.69) is 0 Å². The summed E-state index contributed by atoms with van der Waals surface area (Å²) in [5.74, 6) is 1.10. The summed E-state index contributed by atoms with van der Waals surface area (Å²) in [5, 5.41) is 18.5. The van der Waals surface area contributed by atoms with Gasteiger partial charge < -0.3 is 24.6 Å². The Labute approximate surface area is 111 Å². The monoisotopic (exact) mass is 275 g/mol. The van der Waals surface area contributed by atoms with Gasteiger partial charge in [0.05, 0.1) is 38.1 Å². The summed E-state index contributed by atoms with van der Waals surface area (Å²) in [6.07, 6.45) is 0. The molecule has 1 aromatic rings. The molecular weight excluding hydrogens is 258 g/mol. The lowest BCUT2D eigenvalue weighted by Gasteiger charge is -2.25. The second kappa shape index (κ2) is 7.31. The van der Waals surface area contributed by atoms with Crippen molar-refractivity contribution in [2.45, 2.75) is 0 Å². The number of nitrogens with zero attached hydrogens (tertiary/aromatic N) is 1. The van der Waals surface area contributed by atoms with E-state index >= 15 is 0 Å². The van der Waals surface area contributed by atoms with Crippen LogP contribution in [0.3, 0.4) is 0 Å². The maximum Gasteiger partial charge on any atom is 0.145 e. The van der Waals surface area contributed by atoms with Gasteiger partial charge in [-0.15, -0.1) is 0 Å². The molecular formula is C12H18ClNO4. The summed E-state index contributed by atoms with van der Waals surface area (Å²) in [7, 11) is 3.07. The number of halogens is 1. The van der Waals surface area contributed by atoms with Crippen molar-refractivity contribution in [1.82, 2.24) is 0 Å². The van der Waals surface area contributed by atoms with E-state index in [0.29, 0.717) is 35.3 Å². The Morgan fingerprint density at radius 1 is 1.06 bits per heavy atom. The third-order valence-electron chi connectivity index (χ3n) is 2.53. The Balaban J connectivity index is 3.14. The van der Waals surface area contributed by atoms with Crippen LogP contribution in [0.2, 0.25) is 5.02 Å². The van der Waals surface area contributed by atoms with Crippen molar-refractivity contribution in [3.63, 3.8) is 0 Å². The zero-order valence-corrected chi connectivity index (χ0v) is 11.3. The van der Waals surface area contributed by atoms with Gasteiger partial charge in [-0.1, -0.05) is 11.6 Å². The second-order valence-electron chi connectivity index (χ2n) is 3.59. The fourth-order valence-electron chi connectivity index (χ4n) is 1.69. The molecule has 5 nitrogen and oxygen atoms in total. The molecule has 1 rings (SSSR count). The molecule has 0 spiro atoms. The molecule has 6 heteroatoms. The number of rotatable bonds is 7. The normalized spacial score (nSPS) is 10.3. The molecule has 0 saturated carbocycles. The number of aliphatic hydroxyl groups excluding tert-OH is 2. The first-order valence-electron chi connectivity index (χ1n) is 5.56. The summed E-state index contributed by atoms with van der Waals surface area (Å²) in [6.45, 7) is 0.735. The minimum Gasteiger partial charge on any atom is -0.495 e. The quantitative estimate of drug-likeness (QED) is 0.782. The van der Waals surface area contributed by atoms with Crippen LogP contribution in [0.5, 0.6) is 11.5 Å². The van der Waals surface area contributed by atoms with Crippen molar-refractivity contribution in [2.75, 3.05) is 45.4 Å². The molecule has 1 aromatic carbocycles. The molecule has 102 valence electrons. The maximum absolute atomic E-state index is 9.04. The molecule has 0 atom stereocenters. The smallest absolute Gasteiger partial charge is 0.145 e. The lowest BCUT2D eigenvalue weighted by molar-refractivity contribution is 0.280. The van der Waals surface area contributed by atoms with Gasteiger partial charge in [0, 0.05) is 19.2 Å². The summed E-state index contributed by atoms with van der Waals surface area (Å²) in [5.41, 5.74) is 0.714. The van der Waals surface area contributed by atoms with E-state index in [1.54, 1.807) is 24.1 Å². The standard InChI is InChI=1S/C12H18ClNO4/c1-17-11-8-12(18-2)10(7-9(11)13)14(3-5-15)4-6-16/h7-8,15-16H,3-6H2,1-2H3. The van der Waals surface area contributed by atoms with E-state index in [-0.39, 0.29) is 13.2 Å². The van der Waals surface area contributed by atoms with Crippen LogP contribution in [0.25, 0.3) is 0 Å². The van der Waals surface area contributed by atoms with Crippen LogP contribution in [-0.4, -0.2) is 50.7 Å². The highest BCUT2D eigenvalue weighted by Crippen LogP contribution is 2.37. The highest BCUT2D eigenvalue weighted by Gasteiger charge is 2.15. The predicted molar refractivity (Wildman–Crippen MR) is 70.9 cm³/mol. The third kappa shape index (κ3) is 3.41. The van der Waals surface area contributed by atoms with Gasteiger partial charge in [0.2, 0.25) is 0 Å². The fourth-order valence-corrected chi connectivity index (χ4v) is 1.92. The van der Waals surface area contributed by atoms with Gasteiger partial charge >= 0.3 is 0 Å². The number of hydrogen-bond acceptors (Lipinski definition) is 5. The molecule has 0 aliphatic heterocycles. The summed E-state index contributed by atoms with van der Waals surface area (Å²) in [6, 6.07) is 3.38. The molecule has 0 radical (unpaired) electrons. The molecule has 0 unspecified atom stereocenters. The van der Waals surface area contributed by atoms with Crippen molar-refractivity contribution in [3.8, 4) is 11.5 Å². The lowest BCUT2D eigenvalue weighted by atomic mass is 10.2. The highest BCUT2D eigenvalue weighted by atomic mass is 35.5. The van der Waals surface area contributed by atoms with Crippen LogP contribution in [0.15, 0.2) is 12.1 Å². The van der Waals surface area contributed by atoms with Gasteiger partial charge in [0.25, 0.3) is 0 Å². The van der Waals surface area contributed by atoms with Gasteiger partial charge in [-0.25, -0.2) is 0 Å². The molecule has 0 saturated heterocycles. The van der Waals surface area contributed by atoms with E-state index in [1.165, 1.54) is 7.11 Å². The maximum atomic E-state index is 9.04. The lowest BCUT2D eigenvalue weighted by Crippen LogP contribution is -2.30. The molecule has 0 heterocycles. The highest BCUT2D eigenvalue weighted by molar-refractivity contribution is 6.32. The zero-order chi connectivity index (χ0) is 13.5. The number of benzene rings is 1. The molecule has 0 aliphatic carbocycles. The van der Waals surface area contributed by atoms with Gasteiger partial charge in [-0.3, -0.25) is 0 Å². The second-order valence-corrected chi connectivity index (χ2v) is 4.00. The summed E-state index contributed by atoms with van der Waals surface area (Å²) >= 11 is 6.07. The molecule has 0 aliphatic rings. The zero-order valence-electron chi connectivity index (χ0n) is 10.5. The Bertz CT molecular complexity index is 381. The SMILES string of the molecule is COc1cc(OC)c(N(CCO)CCO)cc1Cl. The van der Waals surface area contributed by atoms with Crippen molar-refractivity contribution in [1.29, 1.82) is 0 Å². The van der Waals surface area contributed by atoms with Gasteiger partial charge in [0.15, 0.2) is 0 Å². The number of ether oxygens (including phenoxy) is 2. The molecule has 2 N–H and O–H groups in total. The van der Waals surface area contributed by atoms with Crippen LogP contribution in [0.1, 0.15) is 0 Å². The summed E-state index contributed by atoms with van der Waals surface area (Å²) < 4.78 is 10.4. The third-order valence-corrected chi connectivity index (χ3v) is 2.83. The van der Waals surface area contributed by atoms with E-state index < -0.39 is 0 Å². The van der Waals surface area contributed by atoms with Crippen LogP contribution in [0.4, 0.5) is 5.69 Å². The topological polar surface area (TPSA) is 62.2 Å². The number of aliphatic hydroxyl groups is 2. The Kier molecular flexibility index (Phi) is 6.04. The van der Waals surface area contributed by atoms with Crippen molar-refractivity contribution in [3.05, 3.63) is 17.2 Å². The molecule has 0 amide bonds. The van der Waals surface area contributed by atoms with E-state index in [4.69, 9.17) is 31.3 Å². The van der Waals surface area contributed by atoms with Crippen molar-refractivity contribution >= 4 is 17.3 Å². The Morgan fingerprint density at radius 2 is 1.61 bits per heavy atom. The average Bonchev–Trinajstić information content (AvgIpc) is 2.38. The fraction of sp³-hybridized carbons (Fsp3) is 0.500.